The van der Waals surface area contributed by atoms with E-state index in [-0.39, 0.29) is 10.8 Å². The van der Waals surface area contributed by atoms with E-state index in [0.717, 1.165) is 12.1 Å². The normalized spacial score (nSPS) is 21.1. The van der Waals surface area contributed by atoms with Gasteiger partial charge in [-0.3, -0.25) is 4.79 Å². The lowest BCUT2D eigenvalue weighted by atomic mass is 9.83. The van der Waals surface area contributed by atoms with Crippen LogP contribution in [0.4, 0.5) is 13.2 Å². The number of alkyl halides is 3. The molecule has 2 aliphatic rings. The molecule has 0 unspecified atom stereocenters. The van der Waals surface area contributed by atoms with Crippen LogP contribution < -0.4 is 10.0 Å². The Morgan fingerprint density at radius 3 is 2.29 bits per heavy atom. The van der Waals surface area contributed by atoms with Crippen molar-refractivity contribution in [1.29, 1.82) is 0 Å². The highest BCUT2D eigenvalue weighted by Crippen LogP contribution is 2.30. The summed E-state index contributed by atoms with van der Waals surface area (Å²) in [5.74, 6) is -2.10. The molecule has 192 valence electrons. The molecule has 1 amide bonds. The van der Waals surface area contributed by atoms with Crippen LogP contribution in [0.3, 0.4) is 0 Å². The average Bonchev–Trinajstić information content (AvgIpc) is 2.81. The van der Waals surface area contributed by atoms with Crippen molar-refractivity contribution < 1.29 is 36.3 Å². The number of aliphatic carboxylic acids is 1. The number of nitrogens with one attached hydrogen (secondary N) is 2. The van der Waals surface area contributed by atoms with Crippen molar-refractivity contribution in [2.24, 2.45) is 5.92 Å². The monoisotopic (exact) mass is 507 g/mol. The quantitative estimate of drug-likeness (QED) is 0.523. The minimum Gasteiger partial charge on any atom is -0.475 e. The van der Waals surface area contributed by atoms with Crippen molar-refractivity contribution in [3.8, 4) is 0 Å². The molecule has 0 spiro atoms. The van der Waals surface area contributed by atoms with Gasteiger partial charge < -0.3 is 15.3 Å². The lowest BCUT2D eigenvalue weighted by molar-refractivity contribution is -0.192. The number of carboxylic acids is 1. The van der Waals surface area contributed by atoms with Crippen LogP contribution in [-0.4, -0.2) is 69.2 Å². The lowest BCUT2D eigenvalue weighted by Crippen LogP contribution is -2.51. The molecule has 0 radical (unpaired) electrons. The van der Waals surface area contributed by atoms with Gasteiger partial charge in [0.15, 0.2) is 0 Å². The van der Waals surface area contributed by atoms with Gasteiger partial charge in [0, 0.05) is 19.0 Å². The van der Waals surface area contributed by atoms with Gasteiger partial charge in [0.1, 0.15) is 0 Å². The summed E-state index contributed by atoms with van der Waals surface area (Å²) in [5, 5.41) is 10.3. The van der Waals surface area contributed by atoms with Gasteiger partial charge in [-0.25, -0.2) is 17.9 Å². The Morgan fingerprint density at radius 1 is 1.09 bits per heavy atom. The number of piperidine rings is 2. The predicted molar refractivity (Wildman–Crippen MR) is 120 cm³/mol. The molecule has 8 nitrogen and oxygen atoms in total. The zero-order chi connectivity index (χ0) is 25.4. The van der Waals surface area contributed by atoms with Crippen LogP contribution in [0, 0.1) is 5.92 Å². The number of carbonyl (C=O) groups is 2. The number of carboxylic acid groups (broad SMARTS) is 1. The van der Waals surface area contributed by atoms with E-state index in [0.29, 0.717) is 24.8 Å². The number of rotatable bonds is 7. The molecule has 34 heavy (non-hydrogen) atoms. The largest absolute Gasteiger partial charge is 0.490 e. The molecule has 0 aliphatic carbocycles. The highest BCUT2D eigenvalue weighted by atomic mass is 32.2. The Hall–Kier alpha value is -2.18. The molecule has 2 aliphatic heterocycles. The second-order valence-corrected chi connectivity index (χ2v) is 10.3. The van der Waals surface area contributed by atoms with E-state index in [9.17, 15) is 26.4 Å². The van der Waals surface area contributed by atoms with E-state index < -0.39 is 22.2 Å². The highest BCUT2D eigenvalue weighted by molar-refractivity contribution is 7.89. The molecule has 1 aromatic carbocycles. The molecule has 0 aromatic heterocycles. The number of aryl methyl sites for hydroxylation is 1. The van der Waals surface area contributed by atoms with E-state index in [2.05, 4.69) is 14.9 Å². The van der Waals surface area contributed by atoms with E-state index in [1.54, 1.807) is 24.3 Å². The Labute approximate surface area is 197 Å². The van der Waals surface area contributed by atoms with Crippen molar-refractivity contribution in [3.63, 3.8) is 0 Å². The first-order chi connectivity index (χ1) is 15.9. The van der Waals surface area contributed by atoms with Crippen molar-refractivity contribution in [1.82, 2.24) is 14.9 Å². The zero-order valence-electron chi connectivity index (χ0n) is 19.1. The number of fused-ring (bicyclic) bond motifs is 1. The number of nitrogens with zero attached hydrogens (tertiary/aromatic N) is 1. The second-order valence-electron chi connectivity index (χ2n) is 8.46. The fourth-order valence-corrected chi connectivity index (χ4v) is 5.09. The molecular weight excluding hydrogens is 475 g/mol. The predicted octanol–water partition coefficient (Wildman–Crippen LogP) is 2.54. The van der Waals surface area contributed by atoms with Crippen LogP contribution in [0.15, 0.2) is 29.2 Å². The Balaban J connectivity index is 0.000000509. The summed E-state index contributed by atoms with van der Waals surface area (Å²) >= 11 is 0. The maximum absolute atomic E-state index is 12.3. The van der Waals surface area contributed by atoms with Gasteiger partial charge in [0.2, 0.25) is 15.9 Å². The summed E-state index contributed by atoms with van der Waals surface area (Å²) in [7, 11) is -2.02. The zero-order valence-corrected chi connectivity index (χ0v) is 19.9. The average molecular weight is 508 g/mol. The van der Waals surface area contributed by atoms with E-state index in [4.69, 9.17) is 9.90 Å². The number of hydrogen-bond acceptors (Lipinski definition) is 5. The first-order valence-corrected chi connectivity index (χ1v) is 12.8. The van der Waals surface area contributed by atoms with E-state index in [1.807, 2.05) is 0 Å². The molecule has 1 aromatic rings. The number of benzene rings is 1. The van der Waals surface area contributed by atoms with Crippen molar-refractivity contribution >= 4 is 21.9 Å². The van der Waals surface area contributed by atoms with Crippen molar-refractivity contribution in [3.05, 3.63) is 29.8 Å². The first-order valence-electron chi connectivity index (χ1n) is 11.3. The van der Waals surface area contributed by atoms with Gasteiger partial charge in [-0.15, -0.1) is 0 Å². The van der Waals surface area contributed by atoms with E-state index >= 15 is 0 Å². The summed E-state index contributed by atoms with van der Waals surface area (Å²) in [6, 6.07) is 7.36. The van der Waals surface area contributed by atoms with Crippen LogP contribution >= 0.6 is 0 Å². The maximum atomic E-state index is 12.3. The molecule has 2 heterocycles. The standard InChI is InChI=1S/C20H31N3O3S.C2HF3O2/c1-21-27(25,26)18-10-7-16(8-11-18)9-12-20(24)22-15-17-5-4-14-23-13-3-2-6-19(17)23;3-2(4,5)1(6)7/h7-8,10-11,17,19,21H,2-6,9,12-15H2,1H3,(H,22,24);(H,6,7)/t17-,19+;/m0./s1. The third-order valence-corrected chi connectivity index (χ3v) is 7.61. The summed E-state index contributed by atoms with van der Waals surface area (Å²) in [6.07, 6.45) is 2.30. The fraction of sp³-hybridized carbons (Fsp3) is 0.636. The van der Waals surface area contributed by atoms with Crippen LogP contribution in [0.25, 0.3) is 0 Å². The molecule has 0 bridgehead atoms. The number of sulfonamides is 1. The topological polar surface area (TPSA) is 116 Å². The molecule has 2 atom stereocenters. The lowest BCUT2D eigenvalue weighted by Gasteiger charge is -2.44. The number of carbonyl (C=O) groups excluding carboxylic acids is 1. The highest BCUT2D eigenvalue weighted by Gasteiger charge is 2.38. The minimum absolute atomic E-state index is 0.0786. The van der Waals surface area contributed by atoms with Crippen molar-refractivity contribution in [2.75, 3.05) is 26.7 Å². The first kappa shape index (κ1) is 28.1. The molecule has 2 fully saturated rings. The van der Waals surface area contributed by atoms with Gasteiger partial charge >= 0.3 is 12.1 Å². The van der Waals surface area contributed by atoms with Gasteiger partial charge in [0.25, 0.3) is 0 Å². The van der Waals surface area contributed by atoms with Gasteiger partial charge in [0.05, 0.1) is 4.90 Å². The smallest absolute Gasteiger partial charge is 0.475 e. The Kier molecular flexibility index (Phi) is 10.3. The molecular formula is C22H32F3N3O5S. The van der Waals surface area contributed by atoms with Crippen LogP contribution in [0.1, 0.15) is 44.1 Å². The SMILES string of the molecule is CNS(=O)(=O)c1ccc(CCC(=O)NC[C@@H]2CCCN3CCCC[C@H]23)cc1.O=C(O)C(F)(F)F. The third-order valence-electron chi connectivity index (χ3n) is 6.18. The minimum atomic E-state index is -5.08. The molecule has 12 heteroatoms. The van der Waals surface area contributed by atoms with Crippen LogP contribution in [0.5, 0.6) is 0 Å². The van der Waals surface area contributed by atoms with Gasteiger partial charge in [-0.05, 0) is 75.9 Å². The van der Waals surface area contributed by atoms with Gasteiger partial charge in [-0.2, -0.15) is 13.2 Å². The second kappa shape index (κ2) is 12.5. The molecule has 0 saturated carbocycles. The number of hydrogen-bond donors (Lipinski definition) is 3. The van der Waals surface area contributed by atoms with Crippen LogP contribution in [-0.2, 0) is 26.0 Å². The maximum Gasteiger partial charge on any atom is 0.490 e. The molecule has 3 N–H and O–H groups in total. The Morgan fingerprint density at radius 2 is 1.71 bits per heavy atom. The van der Waals surface area contributed by atoms with E-state index in [1.165, 1.54) is 52.2 Å². The summed E-state index contributed by atoms with van der Waals surface area (Å²) in [5.41, 5.74) is 0.969. The number of amides is 1. The molecule has 3 rings (SSSR count). The third kappa shape index (κ3) is 8.55. The van der Waals surface area contributed by atoms with Crippen molar-refractivity contribution in [2.45, 2.75) is 62.1 Å². The number of halogens is 3. The summed E-state index contributed by atoms with van der Waals surface area (Å²) in [6.45, 7) is 3.21. The van der Waals surface area contributed by atoms with Crippen LogP contribution in [0.2, 0.25) is 0 Å². The summed E-state index contributed by atoms with van der Waals surface area (Å²) in [4.78, 5) is 24.0. The summed E-state index contributed by atoms with van der Waals surface area (Å²) < 4.78 is 57.5. The van der Waals surface area contributed by atoms with Gasteiger partial charge in [-0.1, -0.05) is 18.6 Å². The fourth-order valence-electron chi connectivity index (χ4n) is 4.36. The Bertz CT molecular complexity index is 921. The molecule has 2 saturated heterocycles.